The summed E-state index contributed by atoms with van der Waals surface area (Å²) in [6.45, 7) is 3.20. The van der Waals surface area contributed by atoms with Crippen molar-refractivity contribution in [1.29, 1.82) is 0 Å². The van der Waals surface area contributed by atoms with Gasteiger partial charge in [0.15, 0.2) is 15.6 Å². The monoisotopic (exact) mass is 285 g/mol. The molecule has 0 aliphatic heterocycles. The molecule has 0 aliphatic rings. The highest BCUT2D eigenvalue weighted by Gasteiger charge is 2.19. The maximum Gasteiger partial charge on any atom is 0.165 e. The summed E-state index contributed by atoms with van der Waals surface area (Å²) in [6, 6.07) is 4.73. The molecule has 0 spiro atoms. The molecule has 0 fully saturated rings. The van der Waals surface area contributed by atoms with Gasteiger partial charge in [-0.15, -0.1) is 0 Å². The molecule has 0 unspecified atom stereocenters. The minimum Gasteiger partial charge on any atom is -0.497 e. The van der Waals surface area contributed by atoms with Crippen LogP contribution >= 0.6 is 0 Å². The number of ether oxygens (including phenoxy) is 1. The normalized spacial score (nSPS) is 11.6. The lowest BCUT2D eigenvalue weighted by Crippen LogP contribution is -2.20. The van der Waals surface area contributed by atoms with Crippen LogP contribution in [0.3, 0.4) is 0 Å². The zero-order chi connectivity index (χ0) is 14.6. The van der Waals surface area contributed by atoms with Crippen molar-refractivity contribution >= 4 is 21.3 Å². The average Bonchev–Trinajstić information content (AvgIpc) is 2.35. The number of anilines is 1. The number of hydrogen-bond acceptors (Lipinski definition) is 5. The molecule has 0 bridgehead atoms. The molecule has 1 aromatic carbocycles. The van der Waals surface area contributed by atoms with Gasteiger partial charge in [0.1, 0.15) is 5.75 Å². The summed E-state index contributed by atoms with van der Waals surface area (Å²) < 4.78 is 28.3. The maximum atomic E-state index is 11.9. The summed E-state index contributed by atoms with van der Waals surface area (Å²) in [5.74, 6) is 0.128. The van der Waals surface area contributed by atoms with Crippen molar-refractivity contribution in [3.05, 3.63) is 23.8 Å². The molecule has 5 nitrogen and oxygen atoms in total. The Kier molecular flexibility index (Phi) is 4.94. The molecule has 19 heavy (non-hydrogen) atoms. The quantitative estimate of drug-likeness (QED) is 0.634. The van der Waals surface area contributed by atoms with E-state index in [0.717, 1.165) is 0 Å². The zero-order valence-electron chi connectivity index (χ0n) is 11.3. The first-order valence-corrected chi connectivity index (χ1v) is 7.67. The first-order valence-electron chi connectivity index (χ1n) is 5.96. The van der Waals surface area contributed by atoms with Crippen LogP contribution in [0.15, 0.2) is 18.2 Å². The Hall–Kier alpha value is -1.56. The molecule has 0 saturated heterocycles. The molecular formula is C13H19NO4S. The molecule has 0 atom stereocenters. The Labute approximate surface area is 113 Å². The van der Waals surface area contributed by atoms with Gasteiger partial charge < -0.3 is 10.5 Å². The molecule has 0 aliphatic carbocycles. The third-order valence-corrected chi connectivity index (χ3v) is 5.10. The second kappa shape index (κ2) is 6.06. The number of Topliss-reactive ketones (excluding diaryl/α,β-unsaturated/α-hetero) is 1. The van der Waals surface area contributed by atoms with Crippen LogP contribution < -0.4 is 10.5 Å². The maximum absolute atomic E-state index is 11.9. The molecule has 0 amide bonds. The molecule has 106 valence electrons. The average molecular weight is 285 g/mol. The van der Waals surface area contributed by atoms with Crippen molar-refractivity contribution in [2.45, 2.75) is 25.5 Å². The van der Waals surface area contributed by atoms with Gasteiger partial charge in [0.2, 0.25) is 0 Å². The molecule has 0 heterocycles. The number of rotatable bonds is 6. The highest BCUT2D eigenvalue weighted by Crippen LogP contribution is 2.21. The van der Waals surface area contributed by atoms with Crippen molar-refractivity contribution in [2.24, 2.45) is 0 Å². The van der Waals surface area contributed by atoms with Crippen molar-refractivity contribution in [3.8, 4) is 5.75 Å². The predicted molar refractivity (Wildman–Crippen MR) is 75.3 cm³/mol. The van der Waals surface area contributed by atoms with Crippen LogP contribution in [0.25, 0.3) is 0 Å². The molecule has 1 rings (SSSR count). The predicted octanol–water partition coefficient (Wildman–Crippen LogP) is 1.67. The van der Waals surface area contributed by atoms with Crippen LogP contribution in [0.4, 0.5) is 5.69 Å². The van der Waals surface area contributed by atoms with E-state index < -0.39 is 15.1 Å². The first-order chi connectivity index (χ1) is 8.77. The highest BCUT2D eigenvalue weighted by molar-refractivity contribution is 7.91. The minimum absolute atomic E-state index is 0.0585. The van der Waals surface area contributed by atoms with E-state index in [-0.39, 0.29) is 18.0 Å². The molecule has 1 aromatic rings. The number of hydrogen-bond donors (Lipinski definition) is 1. The van der Waals surface area contributed by atoms with Gasteiger partial charge in [-0.1, -0.05) is 0 Å². The van der Waals surface area contributed by atoms with Crippen LogP contribution in [0.2, 0.25) is 0 Å². The van der Waals surface area contributed by atoms with Gasteiger partial charge in [0.05, 0.1) is 18.1 Å². The third-order valence-electron chi connectivity index (χ3n) is 2.89. The van der Waals surface area contributed by atoms with E-state index in [0.29, 0.717) is 17.0 Å². The van der Waals surface area contributed by atoms with E-state index >= 15 is 0 Å². The Morgan fingerprint density at radius 1 is 1.37 bits per heavy atom. The van der Waals surface area contributed by atoms with Crippen LogP contribution in [-0.2, 0) is 9.84 Å². The second-order valence-corrected chi connectivity index (χ2v) is 7.22. The number of carbonyl (C=O) groups excluding carboxylic acids is 1. The van der Waals surface area contributed by atoms with E-state index in [4.69, 9.17) is 10.5 Å². The van der Waals surface area contributed by atoms with Crippen molar-refractivity contribution in [1.82, 2.24) is 0 Å². The topological polar surface area (TPSA) is 86.5 Å². The Bertz CT molecular complexity index is 564. The number of benzene rings is 1. The summed E-state index contributed by atoms with van der Waals surface area (Å²) >= 11 is 0. The second-order valence-electron chi connectivity index (χ2n) is 4.54. The van der Waals surface area contributed by atoms with Crippen molar-refractivity contribution < 1.29 is 17.9 Å². The lowest BCUT2D eigenvalue weighted by Gasteiger charge is -2.09. The van der Waals surface area contributed by atoms with Crippen LogP contribution in [-0.4, -0.2) is 32.3 Å². The lowest BCUT2D eigenvalue weighted by atomic mass is 10.1. The van der Waals surface area contributed by atoms with E-state index in [1.807, 2.05) is 0 Å². The van der Waals surface area contributed by atoms with Gasteiger partial charge in [-0.3, -0.25) is 4.79 Å². The van der Waals surface area contributed by atoms with E-state index in [9.17, 15) is 13.2 Å². The summed E-state index contributed by atoms with van der Waals surface area (Å²) in [4.78, 5) is 11.9. The number of ketones is 1. The fourth-order valence-corrected chi connectivity index (χ4v) is 2.47. The summed E-state index contributed by atoms with van der Waals surface area (Å²) in [5.41, 5.74) is 6.38. The number of nitrogen functional groups attached to an aromatic ring is 1. The van der Waals surface area contributed by atoms with E-state index in [2.05, 4.69) is 0 Å². The molecular weight excluding hydrogens is 266 g/mol. The van der Waals surface area contributed by atoms with Crippen molar-refractivity contribution in [2.75, 3.05) is 18.6 Å². The third kappa shape index (κ3) is 3.96. The number of nitrogens with two attached hydrogens (primary N) is 1. The van der Waals surface area contributed by atoms with Crippen LogP contribution in [0.5, 0.6) is 5.75 Å². The lowest BCUT2D eigenvalue weighted by molar-refractivity contribution is 0.0989. The Balaban J connectivity index is 2.80. The Morgan fingerprint density at radius 3 is 2.47 bits per heavy atom. The van der Waals surface area contributed by atoms with Gasteiger partial charge in [-0.05, 0) is 26.0 Å². The first kappa shape index (κ1) is 15.5. The Morgan fingerprint density at radius 2 is 2.00 bits per heavy atom. The zero-order valence-corrected chi connectivity index (χ0v) is 12.2. The molecule has 0 saturated carbocycles. The number of sulfone groups is 1. The smallest absolute Gasteiger partial charge is 0.165 e. The standard InChI is InChI=1S/C13H19NO4S/c1-9(2)19(16,17)7-6-13(15)11-5-4-10(18-3)8-12(11)14/h4-5,8-9H,6-7,14H2,1-3H3. The summed E-state index contributed by atoms with van der Waals surface area (Å²) in [7, 11) is -1.71. The van der Waals surface area contributed by atoms with Crippen LogP contribution in [0, 0.1) is 0 Å². The number of methoxy groups -OCH3 is 1. The van der Waals surface area contributed by atoms with Gasteiger partial charge >= 0.3 is 0 Å². The van der Waals surface area contributed by atoms with Gasteiger partial charge in [0.25, 0.3) is 0 Å². The van der Waals surface area contributed by atoms with Crippen LogP contribution in [0.1, 0.15) is 30.6 Å². The summed E-state index contributed by atoms with van der Waals surface area (Å²) in [5, 5.41) is -0.478. The molecule has 2 N–H and O–H groups in total. The van der Waals surface area contributed by atoms with Crippen molar-refractivity contribution in [3.63, 3.8) is 0 Å². The SMILES string of the molecule is COc1ccc(C(=O)CCS(=O)(=O)C(C)C)c(N)c1. The molecule has 0 radical (unpaired) electrons. The van der Waals surface area contributed by atoms with Gasteiger partial charge in [-0.2, -0.15) is 0 Å². The molecule has 6 heteroatoms. The van der Waals surface area contributed by atoms with E-state index in [1.54, 1.807) is 32.0 Å². The largest absolute Gasteiger partial charge is 0.497 e. The van der Waals surface area contributed by atoms with Gasteiger partial charge in [-0.25, -0.2) is 8.42 Å². The highest BCUT2D eigenvalue weighted by atomic mass is 32.2. The molecule has 0 aromatic heterocycles. The minimum atomic E-state index is -3.21. The van der Waals surface area contributed by atoms with E-state index in [1.165, 1.54) is 7.11 Å². The summed E-state index contributed by atoms with van der Waals surface area (Å²) in [6.07, 6.45) is -0.0585. The number of carbonyl (C=O) groups is 1. The fraction of sp³-hybridized carbons (Fsp3) is 0.462. The van der Waals surface area contributed by atoms with Gasteiger partial charge in [0, 0.05) is 23.7 Å². The fourth-order valence-electron chi connectivity index (χ4n) is 1.53.